The zero-order valence-electron chi connectivity index (χ0n) is 10.5. The second-order valence-corrected chi connectivity index (χ2v) is 6.00. The highest BCUT2D eigenvalue weighted by atomic mass is 32.2. The van der Waals surface area contributed by atoms with Gasteiger partial charge < -0.3 is 5.73 Å². The topological polar surface area (TPSA) is 110 Å². The number of hydrogen-bond donors (Lipinski definition) is 2. The predicted octanol–water partition coefficient (Wildman–Crippen LogP) is -0.557. The first kappa shape index (κ1) is 14.4. The van der Waals surface area contributed by atoms with Crippen molar-refractivity contribution >= 4 is 27.5 Å². The molecule has 20 heavy (non-hydrogen) atoms. The first-order valence-corrected chi connectivity index (χ1v) is 7.09. The number of amides is 2. The third-order valence-corrected chi connectivity index (χ3v) is 4.51. The van der Waals surface area contributed by atoms with Crippen LogP contribution in [0.5, 0.6) is 0 Å². The summed E-state index contributed by atoms with van der Waals surface area (Å²) < 4.78 is 39.5. The van der Waals surface area contributed by atoms with Gasteiger partial charge in [0.1, 0.15) is 16.8 Å². The highest BCUT2D eigenvalue weighted by Gasteiger charge is 2.39. The van der Waals surface area contributed by atoms with Gasteiger partial charge in [-0.3, -0.25) is 14.5 Å². The van der Waals surface area contributed by atoms with E-state index in [1.54, 1.807) is 0 Å². The molecule has 1 unspecified atom stereocenters. The minimum absolute atomic E-state index is 0.274. The van der Waals surface area contributed by atoms with E-state index in [1.807, 2.05) is 0 Å². The average molecular weight is 301 g/mol. The minimum atomic E-state index is -4.19. The molecule has 2 amide bonds. The van der Waals surface area contributed by atoms with E-state index < -0.39 is 44.3 Å². The van der Waals surface area contributed by atoms with Gasteiger partial charge in [0.25, 0.3) is 0 Å². The summed E-state index contributed by atoms with van der Waals surface area (Å²) >= 11 is 0. The van der Waals surface area contributed by atoms with Crippen molar-refractivity contribution in [3.8, 4) is 0 Å². The maximum Gasteiger partial charge on any atom is 0.247 e. The first-order chi connectivity index (χ1) is 9.24. The molecule has 1 atom stereocenters. The highest BCUT2D eigenvalue weighted by Crippen LogP contribution is 2.22. The van der Waals surface area contributed by atoms with Crippen LogP contribution in [0.3, 0.4) is 0 Å². The van der Waals surface area contributed by atoms with Gasteiger partial charge in [-0.25, -0.2) is 12.8 Å². The van der Waals surface area contributed by atoms with Crippen molar-refractivity contribution in [2.45, 2.75) is 17.4 Å². The normalized spacial score (nSPS) is 19.7. The smallest absolute Gasteiger partial charge is 0.247 e. The fourth-order valence-electron chi connectivity index (χ4n) is 1.85. The van der Waals surface area contributed by atoms with Crippen LogP contribution in [0, 0.1) is 5.82 Å². The molecule has 9 heteroatoms. The Morgan fingerprint density at radius 1 is 1.40 bits per heavy atom. The van der Waals surface area contributed by atoms with Crippen molar-refractivity contribution in [3.05, 3.63) is 24.0 Å². The van der Waals surface area contributed by atoms with Crippen LogP contribution in [-0.2, 0) is 19.6 Å². The summed E-state index contributed by atoms with van der Waals surface area (Å²) in [5.41, 5.74) is 4.84. The van der Waals surface area contributed by atoms with E-state index in [0.717, 1.165) is 17.0 Å². The molecule has 1 aliphatic rings. The van der Waals surface area contributed by atoms with E-state index in [0.29, 0.717) is 0 Å². The lowest BCUT2D eigenvalue weighted by Crippen LogP contribution is -2.40. The number of carbonyl (C=O) groups excluding carboxylic acids is 2. The monoisotopic (exact) mass is 301 g/mol. The van der Waals surface area contributed by atoms with Gasteiger partial charge in [-0.15, -0.1) is 0 Å². The van der Waals surface area contributed by atoms with Gasteiger partial charge in [-0.1, -0.05) is 6.07 Å². The second-order valence-electron chi connectivity index (χ2n) is 4.32. The van der Waals surface area contributed by atoms with E-state index in [9.17, 15) is 22.4 Å². The first-order valence-electron chi connectivity index (χ1n) is 5.61. The molecule has 1 saturated heterocycles. The Kier molecular flexibility index (Phi) is 3.48. The molecule has 0 radical (unpaired) electrons. The Morgan fingerprint density at radius 2 is 2.05 bits per heavy atom. The van der Waals surface area contributed by atoms with Gasteiger partial charge in [0, 0.05) is 7.05 Å². The number of likely N-dealkylation sites (N-methyl/N-ethyl adjacent to an activating group) is 1. The van der Waals surface area contributed by atoms with Gasteiger partial charge in [0.15, 0.2) is 0 Å². The van der Waals surface area contributed by atoms with E-state index in [4.69, 9.17) is 5.73 Å². The molecule has 1 aromatic carbocycles. The zero-order chi connectivity index (χ0) is 15.1. The molecule has 1 fully saturated rings. The third-order valence-electron chi connectivity index (χ3n) is 2.98. The van der Waals surface area contributed by atoms with Gasteiger partial charge in [-0.2, -0.15) is 4.72 Å². The highest BCUT2D eigenvalue weighted by molar-refractivity contribution is 7.89. The van der Waals surface area contributed by atoms with Crippen LogP contribution in [0.15, 0.2) is 23.1 Å². The number of carbonyl (C=O) groups is 2. The van der Waals surface area contributed by atoms with Crippen LogP contribution in [0.2, 0.25) is 0 Å². The van der Waals surface area contributed by atoms with Crippen LogP contribution in [0.1, 0.15) is 6.42 Å². The maximum absolute atomic E-state index is 13.3. The molecule has 1 heterocycles. The second kappa shape index (κ2) is 4.84. The number of halogens is 1. The number of nitrogen functional groups attached to an aromatic ring is 1. The summed E-state index contributed by atoms with van der Waals surface area (Å²) in [7, 11) is -2.93. The lowest BCUT2D eigenvalue weighted by Gasteiger charge is -2.13. The minimum Gasteiger partial charge on any atom is -0.395 e. The average Bonchev–Trinajstić information content (AvgIpc) is 2.60. The number of nitrogens with two attached hydrogens (primary N) is 1. The van der Waals surface area contributed by atoms with Crippen molar-refractivity contribution < 1.29 is 22.4 Å². The molecule has 108 valence electrons. The van der Waals surface area contributed by atoms with E-state index in [2.05, 4.69) is 4.72 Å². The van der Waals surface area contributed by atoms with Gasteiger partial charge in [-0.05, 0) is 12.1 Å². The fourth-order valence-corrected chi connectivity index (χ4v) is 3.18. The third kappa shape index (κ3) is 2.37. The number of likely N-dealkylation sites (tertiary alicyclic amines) is 1. The molecule has 0 bridgehead atoms. The van der Waals surface area contributed by atoms with Gasteiger partial charge in [0.2, 0.25) is 21.8 Å². The van der Waals surface area contributed by atoms with Gasteiger partial charge in [0.05, 0.1) is 12.1 Å². The van der Waals surface area contributed by atoms with Crippen LogP contribution in [0.4, 0.5) is 10.1 Å². The molecule has 0 saturated carbocycles. The summed E-state index contributed by atoms with van der Waals surface area (Å²) in [4.78, 5) is 23.3. The summed E-state index contributed by atoms with van der Waals surface area (Å²) in [6.45, 7) is 0. The molecule has 1 aromatic rings. The lowest BCUT2D eigenvalue weighted by atomic mass is 10.3. The standard InChI is InChI=1S/C11H12FN3O4S/c1-15-9(16)5-7(11(15)17)14-20(18,19)8-4-2-3-6(12)10(8)13/h2-4,7,14H,5,13H2,1H3. The molecular weight excluding hydrogens is 289 g/mol. The molecule has 7 nitrogen and oxygen atoms in total. The number of nitrogens with one attached hydrogen (secondary N) is 1. The Morgan fingerprint density at radius 3 is 2.60 bits per heavy atom. The fraction of sp³-hybridized carbons (Fsp3) is 0.273. The Bertz CT molecular complexity index is 689. The predicted molar refractivity (Wildman–Crippen MR) is 67.3 cm³/mol. The van der Waals surface area contributed by atoms with Crippen molar-refractivity contribution in [2.24, 2.45) is 0 Å². The number of imide groups is 1. The number of rotatable bonds is 3. The van der Waals surface area contributed by atoms with Crippen molar-refractivity contribution in [3.63, 3.8) is 0 Å². The maximum atomic E-state index is 13.3. The van der Waals surface area contributed by atoms with E-state index >= 15 is 0 Å². The molecule has 0 spiro atoms. The van der Waals surface area contributed by atoms with E-state index in [-0.39, 0.29) is 6.42 Å². The number of hydrogen-bond acceptors (Lipinski definition) is 5. The largest absolute Gasteiger partial charge is 0.395 e. The summed E-state index contributed by atoms with van der Waals surface area (Å²) in [5, 5.41) is 0. The lowest BCUT2D eigenvalue weighted by molar-refractivity contribution is -0.137. The number of benzene rings is 1. The van der Waals surface area contributed by atoms with Crippen molar-refractivity contribution in [1.29, 1.82) is 0 Å². The van der Waals surface area contributed by atoms with Gasteiger partial charge >= 0.3 is 0 Å². The molecular formula is C11H12FN3O4S. The quantitative estimate of drug-likeness (QED) is 0.574. The summed E-state index contributed by atoms with van der Waals surface area (Å²) in [5.74, 6) is -2.03. The molecule has 2 rings (SSSR count). The summed E-state index contributed by atoms with van der Waals surface area (Å²) in [6, 6.07) is 2.13. The number of sulfonamides is 1. The summed E-state index contributed by atoms with van der Waals surface area (Å²) in [6.07, 6.45) is -0.274. The number of para-hydroxylation sites is 1. The number of nitrogens with zero attached hydrogens (tertiary/aromatic N) is 1. The molecule has 1 aliphatic heterocycles. The molecule has 0 aliphatic carbocycles. The van der Waals surface area contributed by atoms with Crippen LogP contribution in [0.25, 0.3) is 0 Å². The van der Waals surface area contributed by atoms with Crippen LogP contribution in [-0.4, -0.2) is 38.2 Å². The molecule has 0 aromatic heterocycles. The van der Waals surface area contributed by atoms with Crippen LogP contribution < -0.4 is 10.5 Å². The van der Waals surface area contributed by atoms with Crippen molar-refractivity contribution in [2.75, 3.05) is 12.8 Å². The van der Waals surface area contributed by atoms with Crippen LogP contribution >= 0.6 is 0 Å². The Balaban J connectivity index is 2.31. The zero-order valence-corrected chi connectivity index (χ0v) is 11.3. The SMILES string of the molecule is CN1C(=O)CC(NS(=O)(=O)c2cccc(F)c2N)C1=O. The number of anilines is 1. The Labute approximate surface area is 114 Å². The molecule has 3 N–H and O–H groups in total. The van der Waals surface area contributed by atoms with E-state index in [1.165, 1.54) is 13.1 Å². The Hall–Kier alpha value is -2.00. The van der Waals surface area contributed by atoms with Crippen molar-refractivity contribution in [1.82, 2.24) is 9.62 Å².